The molecule has 0 saturated carbocycles. The Morgan fingerprint density at radius 1 is 1.15 bits per heavy atom. The maximum atomic E-state index is 13.8. The monoisotopic (exact) mass is 547 g/mol. The Labute approximate surface area is 231 Å². The van der Waals surface area contributed by atoms with Gasteiger partial charge in [-0.3, -0.25) is 14.9 Å². The summed E-state index contributed by atoms with van der Waals surface area (Å²) in [6.45, 7) is 10.5. The van der Waals surface area contributed by atoms with E-state index in [1.165, 1.54) is 18.3 Å². The normalized spacial score (nSPS) is 18.4. The lowest BCUT2D eigenvalue weighted by Crippen LogP contribution is -2.44. The van der Waals surface area contributed by atoms with Crippen molar-refractivity contribution in [2.75, 3.05) is 48.4 Å². The summed E-state index contributed by atoms with van der Waals surface area (Å²) in [5, 5.41) is 5.33. The second kappa shape index (κ2) is 11.0. The Morgan fingerprint density at radius 3 is 2.62 bits per heavy atom. The van der Waals surface area contributed by atoms with E-state index in [0.717, 1.165) is 0 Å². The Balaban J connectivity index is 1.50. The number of hydrogen-bond donors (Lipinski definition) is 3. The third-order valence-corrected chi connectivity index (χ3v) is 6.75. The van der Waals surface area contributed by atoms with Gasteiger partial charge in [-0.25, -0.2) is 9.78 Å². The van der Waals surface area contributed by atoms with Crippen LogP contribution < -0.4 is 25.7 Å². The molecule has 40 heavy (non-hydrogen) atoms. The predicted octanol–water partition coefficient (Wildman–Crippen LogP) is 3.33. The molecule has 0 aliphatic carbocycles. The molecule has 3 aromatic rings. The number of carbonyl (C=O) groups is 2. The van der Waals surface area contributed by atoms with Gasteiger partial charge in [-0.15, -0.1) is 0 Å². The highest BCUT2D eigenvalue weighted by Crippen LogP contribution is 2.36. The SMILES string of the molecule is CCN1CC(C)(C)Oc2nc(N3CCOC[C@@H]3C)nc(-c3ccc(NC(=O)Nc4cc(=O)cc[nH]4)cc3)c2C1=O. The standard InChI is InChI=1S/C28H33N7O5/c1-5-34-16-28(3,4)40-24-22(25(34)37)23(32-26(33-24)35-12-13-39-15-17(35)2)18-6-8-19(9-7-18)30-27(38)31-21-14-20(36)10-11-29-21/h6-11,14,17H,5,12-13,15-16H2,1-4H3,(H3,29,30,31,36,38)/t17-/m0/s1. The molecule has 1 saturated heterocycles. The molecular formula is C28H33N7O5. The minimum atomic E-state index is -0.652. The Hall–Kier alpha value is -4.45. The van der Waals surface area contributed by atoms with E-state index in [2.05, 4.69) is 20.5 Å². The lowest BCUT2D eigenvalue weighted by molar-refractivity contribution is 0.0541. The molecule has 1 atom stereocenters. The van der Waals surface area contributed by atoms with Crippen molar-refractivity contribution in [2.24, 2.45) is 0 Å². The fraction of sp³-hybridized carbons (Fsp3) is 0.393. The zero-order chi connectivity index (χ0) is 28.4. The van der Waals surface area contributed by atoms with Gasteiger partial charge in [0, 0.05) is 42.7 Å². The molecule has 0 spiro atoms. The van der Waals surface area contributed by atoms with E-state index in [9.17, 15) is 14.4 Å². The molecule has 5 rings (SSSR count). The summed E-state index contributed by atoms with van der Waals surface area (Å²) < 4.78 is 12.0. The van der Waals surface area contributed by atoms with Crippen LogP contribution in [0.4, 0.5) is 22.2 Å². The first-order chi connectivity index (χ1) is 19.1. The number of amides is 3. The average Bonchev–Trinajstić information content (AvgIpc) is 3.01. The molecular weight excluding hydrogens is 514 g/mol. The van der Waals surface area contributed by atoms with Gasteiger partial charge in [0.2, 0.25) is 11.8 Å². The number of H-pyrrole nitrogens is 1. The highest BCUT2D eigenvalue weighted by molar-refractivity contribution is 6.03. The molecule has 210 valence electrons. The smallest absolute Gasteiger partial charge is 0.324 e. The van der Waals surface area contributed by atoms with Crippen molar-refractivity contribution >= 4 is 29.4 Å². The number of carbonyl (C=O) groups excluding carboxylic acids is 2. The van der Waals surface area contributed by atoms with E-state index in [4.69, 9.17) is 19.4 Å². The Morgan fingerprint density at radius 2 is 1.93 bits per heavy atom. The number of nitrogens with one attached hydrogen (secondary N) is 3. The average molecular weight is 548 g/mol. The zero-order valence-corrected chi connectivity index (χ0v) is 23.0. The van der Waals surface area contributed by atoms with E-state index in [1.807, 2.05) is 27.7 Å². The van der Waals surface area contributed by atoms with Crippen molar-refractivity contribution in [1.29, 1.82) is 0 Å². The molecule has 1 fully saturated rings. The van der Waals surface area contributed by atoms with Crippen LogP contribution in [0.2, 0.25) is 0 Å². The summed E-state index contributed by atoms with van der Waals surface area (Å²) in [6, 6.07) is 9.19. The van der Waals surface area contributed by atoms with Gasteiger partial charge in [-0.2, -0.15) is 4.98 Å². The van der Waals surface area contributed by atoms with Crippen molar-refractivity contribution in [2.45, 2.75) is 39.3 Å². The second-order valence-corrected chi connectivity index (χ2v) is 10.4. The van der Waals surface area contributed by atoms with Gasteiger partial charge >= 0.3 is 6.03 Å². The number of rotatable bonds is 5. The molecule has 0 radical (unpaired) electrons. The number of fused-ring (bicyclic) bond motifs is 1. The van der Waals surface area contributed by atoms with Gasteiger partial charge in [0.15, 0.2) is 5.43 Å². The lowest BCUT2D eigenvalue weighted by Gasteiger charge is -2.34. The molecule has 0 unspecified atom stereocenters. The van der Waals surface area contributed by atoms with Crippen LogP contribution in [-0.2, 0) is 4.74 Å². The van der Waals surface area contributed by atoms with Crippen LogP contribution in [0.5, 0.6) is 5.88 Å². The largest absolute Gasteiger partial charge is 0.469 e. The van der Waals surface area contributed by atoms with Crippen molar-refractivity contribution in [3.8, 4) is 17.1 Å². The molecule has 3 amide bonds. The number of likely N-dealkylation sites (N-methyl/N-ethyl adjacent to an activating group) is 1. The van der Waals surface area contributed by atoms with Crippen LogP contribution in [0.25, 0.3) is 11.3 Å². The van der Waals surface area contributed by atoms with Gasteiger partial charge in [0.25, 0.3) is 5.91 Å². The molecule has 3 N–H and O–H groups in total. The fourth-order valence-electron chi connectivity index (χ4n) is 4.81. The molecule has 0 bridgehead atoms. The van der Waals surface area contributed by atoms with Crippen LogP contribution >= 0.6 is 0 Å². The number of morpholine rings is 1. The predicted molar refractivity (Wildman–Crippen MR) is 151 cm³/mol. The number of ether oxygens (including phenoxy) is 2. The zero-order valence-electron chi connectivity index (χ0n) is 23.0. The van der Waals surface area contributed by atoms with Crippen LogP contribution in [0.3, 0.4) is 0 Å². The molecule has 4 heterocycles. The van der Waals surface area contributed by atoms with Crippen LogP contribution in [0.15, 0.2) is 47.4 Å². The highest BCUT2D eigenvalue weighted by atomic mass is 16.5. The summed E-state index contributed by atoms with van der Waals surface area (Å²) in [6.07, 6.45) is 1.45. The second-order valence-electron chi connectivity index (χ2n) is 10.4. The van der Waals surface area contributed by atoms with Gasteiger partial charge in [0.1, 0.15) is 17.0 Å². The number of benzene rings is 1. The number of nitrogens with zero attached hydrogens (tertiary/aromatic N) is 4. The summed E-state index contributed by atoms with van der Waals surface area (Å²) >= 11 is 0. The van der Waals surface area contributed by atoms with Gasteiger partial charge in [-0.1, -0.05) is 12.1 Å². The van der Waals surface area contributed by atoms with E-state index in [-0.39, 0.29) is 29.1 Å². The summed E-state index contributed by atoms with van der Waals surface area (Å²) in [5.41, 5.74) is 1.08. The van der Waals surface area contributed by atoms with Crippen molar-refractivity contribution < 1.29 is 19.1 Å². The number of anilines is 3. The number of hydrogen-bond acceptors (Lipinski definition) is 8. The first kappa shape index (κ1) is 27.1. The van der Waals surface area contributed by atoms with Crippen molar-refractivity contribution in [3.05, 3.63) is 58.4 Å². The molecule has 2 aromatic heterocycles. The van der Waals surface area contributed by atoms with Crippen LogP contribution in [0, 0.1) is 0 Å². The highest BCUT2D eigenvalue weighted by Gasteiger charge is 2.38. The fourth-order valence-corrected chi connectivity index (χ4v) is 4.81. The number of pyridine rings is 1. The maximum Gasteiger partial charge on any atom is 0.324 e. The maximum absolute atomic E-state index is 13.8. The van der Waals surface area contributed by atoms with Crippen LogP contribution in [-0.4, -0.2) is 76.3 Å². The topological polar surface area (TPSA) is 142 Å². The van der Waals surface area contributed by atoms with E-state index in [0.29, 0.717) is 61.3 Å². The molecule has 1 aromatic carbocycles. The van der Waals surface area contributed by atoms with Crippen LogP contribution in [0.1, 0.15) is 38.1 Å². The first-order valence-corrected chi connectivity index (χ1v) is 13.3. The molecule has 12 nitrogen and oxygen atoms in total. The lowest BCUT2D eigenvalue weighted by atomic mass is 10.0. The van der Waals surface area contributed by atoms with E-state index in [1.54, 1.807) is 29.2 Å². The first-order valence-electron chi connectivity index (χ1n) is 13.3. The van der Waals surface area contributed by atoms with E-state index < -0.39 is 11.6 Å². The third kappa shape index (κ3) is 5.76. The van der Waals surface area contributed by atoms with E-state index >= 15 is 0 Å². The Bertz CT molecular complexity index is 1470. The summed E-state index contributed by atoms with van der Waals surface area (Å²) in [5.74, 6) is 0.801. The number of aromatic amines is 1. The van der Waals surface area contributed by atoms with Gasteiger partial charge < -0.3 is 29.6 Å². The third-order valence-electron chi connectivity index (χ3n) is 6.75. The van der Waals surface area contributed by atoms with Gasteiger partial charge in [-0.05, 0) is 39.8 Å². The molecule has 2 aliphatic rings. The minimum Gasteiger partial charge on any atom is -0.469 e. The number of urea groups is 1. The summed E-state index contributed by atoms with van der Waals surface area (Å²) in [4.78, 5) is 54.0. The molecule has 2 aliphatic heterocycles. The van der Waals surface area contributed by atoms with Gasteiger partial charge in [0.05, 0.1) is 31.5 Å². The van der Waals surface area contributed by atoms with Crippen molar-refractivity contribution in [3.63, 3.8) is 0 Å². The quantitative estimate of drug-likeness (QED) is 0.442. The minimum absolute atomic E-state index is 0.0471. The Kier molecular flexibility index (Phi) is 7.44. The summed E-state index contributed by atoms with van der Waals surface area (Å²) in [7, 11) is 0. The van der Waals surface area contributed by atoms with Crippen molar-refractivity contribution in [1.82, 2.24) is 19.9 Å². The molecule has 12 heteroatoms. The number of aromatic nitrogens is 3.